The van der Waals surface area contributed by atoms with Gasteiger partial charge in [0.15, 0.2) is 0 Å². The topological polar surface area (TPSA) is 125 Å². The van der Waals surface area contributed by atoms with Gasteiger partial charge < -0.3 is 10.4 Å². The van der Waals surface area contributed by atoms with Gasteiger partial charge in [0, 0.05) is 18.5 Å². The van der Waals surface area contributed by atoms with E-state index in [-0.39, 0.29) is 29.9 Å². The van der Waals surface area contributed by atoms with Crippen LogP contribution in [-0.2, 0) is 9.59 Å². The van der Waals surface area contributed by atoms with Gasteiger partial charge in [0.25, 0.3) is 5.91 Å². The van der Waals surface area contributed by atoms with E-state index >= 15 is 0 Å². The van der Waals surface area contributed by atoms with Crippen molar-refractivity contribution in [2.75, 3.05) is 5.32 Å². The Balaban J connectivity index is 1.83. The van der Waals surface area contributed by atoms with Gasteiger partial charge in [-0.05, 0) is 43.2 Å². The molecule has 0 spiro atoms. The molecular weight excluding hydrogens is 362 g/mol. The maximum absolute atomic E-state index is 12.1. The van der Waals surface area contributed by atoms with Crippen LogP contribution in [0.5, 0.6) is 0 Å². The van der Waals surface area contributed by atoms with Crippen molar-refractivity contribution in [1.29, 1.82) is 0 Å². The molecule has 4 N–H and O–H groups in total. The van der Waals surface area contributed by atoms with Crippen molar-refractivity contribution < 1.29 is 24.3 Å². The van der Waals surface area contributed by atoms with Gasteiger partial charge >= 0.3 is 5.97 Å². The molecule has 0 aliphatic carbocycles. The third-order valence-corrected chi connectivity index (χ3v) is 3.96. The predicted molar refractivity (Wildman–Crippen MR) is 103 cm³/mol. The maximum Gasteiger partial charge on any atom is 0.336 e. The molecule has 28 heavy (non-hydrogen) atoms. The normalized spacial score (nSPS) is 10.1. The summed E-state index contributed by atoms with van der Waals surface area (Å²) in [6.45, 7) is 3.78. The summed E-state index contributed by atoms with van der Waals surface area (Å²) in [5, 5.41) is 11.8. The number of aromatic carboxylic acids is 1. The van der Waals surface area contributed by atoms with Crippen LogP contribution in [0.15, 0.2) is 42.5 Å². The number of benzene rings is 2. The van der Waals surface area contributed by atoms with Gasteiger partial charge in [0.2, 0.25) is 11.8 Å². The highest BCUT2D eigenvalue weighted by atomic mass is 16.4. The fraction of sp³-hybridized carbons (Fsp3) is 0.200. The van der Waals surface area contributed by atoms with E-state index in [0.717, 1.165) is 11.1 Å². The first-order valence-corrected chi connectivity index (χ1v) is 8.56. The summed E-state index contributed by atoms with van der Waals surface area (Å²) < 4.78 is 0. The lowest BCUT2D eigenvalue weighted by molar-refractivity contribution is -0.124. The molecule has 146 valence electrons. The van der Waals surface area contributed by atoms with Crippen LogP contribution in [0.4, 0.5) is 5.69 Å². The lowest BCUT2D eigenvalue weighted by Crippen LogP contribution is -2.42. The zero-order valence-electron chi connectivity index (χ0n) is 15.5. The highest BCUT2D eigenvalue weighted by molar-refractivity contribution is 6.05. The quantitative estimate of drug-likeness (QED) is 0.569. The highest BCUT2D eigenvalue weighted by Gasteiger charge is 2.16. The molecule has 2 rings (SSSR count). The third kappa shape index (κ3) is 5.66. The monoisotopic (exact) mass is 383 g/mol. The Morgan fingerprint density at radius 1 is 0.857 bits per heavy atom. The number of hydrogen-bond acceptors (Lipinski definition) is 4. The minimum Gasteiger partial charge on any atom is -0.478 e. The van der Waals surface area contributed by atoms with E-state index in [1.54, 1.807) is 0 Å². The largest absolute Gasteiger partial charge is 0.478 e. The van der Waals surface area contributed by atoms with Gasteiger partial charge in [0.05, 0.1) is 11.1 Å². The Labute approximate surface area is 161 Å². The van der Waals surface area contributed by atoms with E-state index in [2.05, 4.69) is 16.2 Å². The van der Waals surface area contributed by atoms with Crippen molar-refractivity contribution in [2.24, 2.45) is 0 Å². The van der Waals surface area contributed by atoms with Crippen molar-refractivity contribution >= 4 is 29.4 Å². The average Bonchev–Trinajstić information content (AvgIpc) is 2.67. The fourth-order valence-electron chi connectivity index (χ4n) is 2.43. The highest BCUT2D eigenvalue weighted by Crippen LogP contribution is 2.16. The Morgan fingerprint density at radius 3 is 2.18 bits per heavy atom. The first-order valence-electron chi connectivity index (χ1n) is 8.56. The summed E-state index contributed by atoms with van der Waals surface area (Å²) in [7, 11) is 0. The van der Waals surface area contributed by atoms with Crippen molar-refractivity contribution in [3.63, 3.8) is 0 Å². The summed E-state index contributed by atoms with van der Waals surface area (Å²) in [5.74, 6) is -2.91. The van der Waals surface area contributed by atoms with Crippen LogP contribution < -0.4 is 16.2 Å². The second-order valence-electron chi connectivity index (χ2n) is 6.22. The van der Waals surface area contributed by atoms with Crippen molar-refractivity contribution in [2.45, 2.75) is 26.7 Å². The van der Waals surface area contributed by atoms with Gasteiger partial charge in [-0.15, -0.1) is 0 Å². The Kier molecular flexibility index (Phi) is 6.86. The van der Waals surface area contributed by atoms with Gasteiger partial charge in [0.1, 0.15) is 0 Å². The van der Waals surface area contributed by atoms with Gasteiger partial charge in [-0.25, -0.2) is 4.79 Å². The van der Waals surface area contributed by atoms with Crippen LogP contribution in [0.1, 0.15) is 44.7 Å². The number of hydrogen-bond donors (Lipinski definition) is 4. The Morgan fingerprint density at radius 2 is 1.50 bits per heavy atom. The zero-order chi connectivity index (χ0) is 20.7. The fourth-order valence-corrected chi connectivity index (χ4v) is 2.43. The first-order chi connectivity index (χ1) is 13.3. The molecule has 0 unspecified atom stereocenters. The summed E-state index contributed by atoms with van der Waals surface area (Å²) in [6, 6.07) is 11.3. The Bertz CT molecular complexity index is 924. The van der Waals surface area contributed by atoms with E-state index < -0.39 is 17.8 Å². The third-order valence-electron chi connectivity index (χ3n) is 3.96. The molecule has 8 heteroatoms. The minimum atomic E-state index is -1.25. The van der Waals surface area contributed by atoms with Gasteiger partial charge in [-0.3, -0.25) is 25.2 Å². The summed E-state index contributed by atoms with van der Waals surface area (Å²) in [6.07, 6.45) is -0.210. The lowest BCUT2D eigenvalue weighted by Gasteiger charge is -2.10. The number of aryl methyl sites for hydroxylation is 2. The van der Waals surface area contributed by atoms with E-state index in [0.29, 0.717) is 5.69 Å². The number of amides is 3. The zero-order valence-corrected chi connectivity index (χ0v) is 15.5. The molecule has 3 amide bonds. The van der Waals surface area contributed by atoms with Crippen LogP contribution in [0, 0.1) is 13.8 Å². The molecule has 8 nitrogen and oxygen atoms in total. The second-order valence-corrected chi connectivity index (χ2v) is 6.22. The average molecular weight is 383 g/mol. The van der Waals surface area contributed by atoms with E-state index in [1.807, 2.05) is 32.0 Å². The van der Waals surface area contributed by atoms with Crippen LogP contribution >= 0.6 is 0 Å². The molecule has 0 heterocycles. The Hall–Kier alpha value is -3.68. The van der Waals surface area contributed by atoms with Crippen LogP contribution in [0.3, 0.4) is 0 Å². The molecule has 2 aromatic carbocycles. The molecular formula is C20H21N3O5. The molecule has 0 atom stereocenters. The van der Waals surface area contributed by atoms with E-state index in [1.165, 1.54) is 24.3 Å². The predicted octanol–water partition coefficient (Wildman–Crippen LogP) is 2.18. The summed E-state index contributed by atoms with van der Waals surface area (Å²) >= 11 is 0. The van der Waals surface area contributed by atoms with Crippen LogP contribution in [0.2, 0.25) is 0 Å². The van der Waals surface area contributed by atoms with Gasteiger partial charge in [-0.2, -0.15) is 0 Å². The summed E-state index contributed by atoms with van der Waals surface area (Å²) in [4.78, 5) is 47.0. The molecule has 0 aliphatic rings. The maximum atomic E-state index is 12.1. The molecule has 0 saturated carbocycles. The first kappa shape index (κ1) is 20.6. The number of carboxylic acids is 1. The number of anilines is 1. The van der Waals surface area contributed by atoms with E-state index in [4.69, 9.17) is 5.11 Å². The smallest absolute Gasteiger partial charge is 0.336 e. The number of carboxylic acid groups (broad SMARTS) is 1. The molecule has 0 bridgehead atoms. The standard InChI is InChI=1S/C20H21N3O5/c1-12-7-8-13(2)16(11-12)21-17(24)9-10-18(25)22-23-19(26)14-5-3-4-6-15(14)20(27)28/h3-8,11H,9-10H2,1-2H3,(H,21,24)(H,22,25)(H,23,26)(H,27,28). The molecule has 0 radical (unpaired) electrons. The number of hydrazine groups is 1. The lowest BCUT2D eigenvalue weighted by atomic mass is 10.1. The summed E-state index contributed by atoms with van der Waals surface area (Å²) in [5.41, 5.74) is 6.66. The van der Waals surface area contributed by atoms with Gasteiger partial charge in [-0.1, -0.05) is 24.3 Å². The molecule has 0 aliphatic heterocycles. The molecule has 0 fully saturated rings. The van der Waals surface area contributed by atoms with Crippen molar-refractivity contribution in [1.82, 2.24) is 10.9 Å². The number of carbonyl (C=O) groups excluding carboxylic acids is 3. The molecule has 2 aromatic rings. The van der Waals surface area contributed by atoms with Crippen LogP contribution in [-0.4, -0.2) is 28.8 Å². The van der Waals surface area contributed by atoms with E-state index in [9.17, 15) is 19.2 Å². The molecule has 0 aromatic heterocycles. The van der Waals surface area contributed by atoms with Crippen molar-refractivity contribution in [3.8, 4) is 0 Å². The number of carbonyl (C=O) groups is 4. The number of rotatable bonds is 6. The minimum absolute atomic E-state index is 0.0687. The SMILES string of the molecule is Cc1ccc(C)c(NC(=O)CCC(=O)NNC(=O)c2ccccc2C(=O)O)c1. The molecule has 0 saturated heterocycles. The van der Waals surface area contributed by atoms with Crippen LogP contribution in [0.25, 0.3) is 0 Å². The number of nitrogens with one attached hydrogen (secondary N) is 3. The van der Waals surface area contributed by atoms with Crippen molar-refractivity contribution in [3.05, 3.63) is 64.7 Å². The second kappa shape index (κ2) is 9.31.